The molecular formula is C12H13BrClNOS. The molecule has 1 fully saturated rings. The molecule has 2 rings (SSSR count). The van der Waals surface area contributed by atoms with Gasteiger partial charge < -0.3 is 5.32 Å². The van der Waals surface area contributed by atoms with E-state index in [4.69, 9.17) is 11.6 Å². The van der Waals surface area contributed by atoms with Crippen LogP contribution in [0.15, 0.2) is 22.7 Å². The maximum Gasteiger partial charge on any atom is 0.240 e. The van der Waals surface area contributed by atoms with E-state index in [-0.39, 0.29) is 10.7 Å². The first-order valence-corrected chi connectivity index (χ1v) is 7.57. The van der Waals surface area contributed by atoms with E-state index < -0.39 is 0 Å². The fourth-order valence-corrected chi connectivity index (χ4v) is 3.50. The molecule has 0 bridgehead atoms. The topological polar surface area (TPSA) is 29.1 Å². The van der Waals surface area contributed by atoms with Crippen LogP contribution in [0.1, 0.15) is 19.8 Å². The molecule has 1 aliphatic heterocycles. The standard InChI is InChI=1S/C12H13BrClNOS/c1-12(5-2-6-17-12)11(16)15-8-3-4-10(14)9(13)7-8/h3-4,7H,2,5-6H2,1H3,(H,15,16). The number of halogens is 2. The molecular weight excluding hydrogens is 322 g/mol. The van der Waals surface area contributed by atoms with Crippen LogP contribution in [0.5, 0.6) is 0 Å². The summed E-state index contributed by atoms with van der Waals surface area (Å²) in [5.74, 6) is 1.14. The second-order valence-corrected chi connectivity index (χ2v) is 7.13. The van der Waals surface area contributed by atoms with Gasteiger partial charge in [0.1, 0.15) is 0 Å². The van der Waals surface area contributed by atoms with E-state index in [0.717, 1.165) is 28.8 Å². The maximum atomic E-state index is 12.2. The van der Waals surface area contributed by atoms with Crippen molar-refractivity contribution in [3.8, 4) is 0 Å². The van der Waals surface area contributed by atoms with E-state index >= 15 is 0 Å². The third-order valence-electron chi connectivity index (χ3n) is 2.88. The van der Waals surface area contributed by atoms with Gasteiger partial charge in [-0.25, -0.2) is 0 Å². The molecule has 1 saturated heterocycles. The van der Waals surface area contributed by atoms with E-state index in [0.29, 0.717) is 5.02 Å². The van der Waals surface area contributed by atoms with Gasteiger partial charge >= 0.3 is 0 Å². The number of hydrogen-bond donors (Lipinski definition) is 1. The minimum absolute atomic E-state index is 0.0780. The first-order valence-electron chi connectivity index (χ1n) is 5.42. The molecule has 0 radical (unpaired) electrons. The molecule has 17 heavy (non-hydrogen) atoms. The summed E-state index contributed by atoms with van der Waals surface area (Å²) >= 11 is 11.0. The van der Waals surface area contributed by atoms with Gasteiger partial charge in [-0.2, -0.15) is 0 Å². The number of nitrogens with one attached hydrogen (secondary N) is 1. The molecule has 1 atom stereocenters. The second kappa shape index (κ2) is 5.21. The number of hydrogen-bond acceptors (Lipinski definition) is 2. The van der Waals surface area contributed by atoms with Crippen LogP contribution in [-0.4, -0.2) is 16.4 Å². The highest BCUT2D eigenvalue weighted by Gasteiger charge is 2.37. The summed E-state index contributed by atoms with van der Waals surface area (Å²) in [5.41, 5.74) is 0.778. The Labute approximate surface area is 119 Å². The Morgan fingerprint density at radius 1 is 1.59 bits per heavy atom. The second-order valence-electron chi connectivity index (χ2n) is 4.27. The third-order valence-corrected chi connectivity index (χ3v) is 5.61. The predicted octanol–water partition coefficient (Wildman–Crippen LogP) is 4.33. The van der Waals surface area contributed by atoms with Gasteiger partial charge in [0.2, 0.25) is 5.91 Å². The highest BCUT2D eigenvalue weighted by Crippen LogP contribution is 2.38. The number of thioether (sulfide) groups is 1. The smallest absolute Gasteiger partial charge is 0.240 e. The average Bonchev–Trinajstić information content (AvgIpc) is 2.72. The number of benzene rings is 1. The van der Waals surface area contributed by atoms with Crippen LogP contribution in [0, 0.1) is 0 Å². The van der Waals surface area contributed by atoms with Crippen molar-refractivity contribution in [3.63, 3.8) is 0 Å². The van der Waals surface area contributed by atoms with Crippen molar-refractivity contribution >= 4 is 50.9 Å². The molecule has 1 unspecified atom stereocenters. The lowest BCUT2D eigenvalue weighted by Gasteiger charge is -2.21. The van der Waals surface area contributed by atoms with E-state index in [1.54, 1.807) is 17.8 Å². The molecule has 1 aromatic rings. The summed E-state index contributed by atoms with van der Waals surface area (Å²) < 4.78 is 0.507. The van der Waals surface area contributed by atoms with Gasteiger partial charge in [-0.05, 0) is 59.6 Å². The van der Waals surface area contributed by atoms with Gasteiger partial charge in [-0.3, -0.25) is 4.79 Å². The first kappa shape index (κ1) is 13.2. The van der Waals surface area contributed by atoms with Crippen LogP contribution >= 0.6 is 39.3 Å². The van der Waals surface area contributed by atoms with Gasteiger partial charge in [0.05, 0.1) is 9.77 Å². The summed E-state index contributed by atoms with van der Waals surface area (Å²) in [6.07, 6.45) is 2.05. The molecule has 92 valence electrons. The highest BCUT2D eigenvalue weighted by molar-refractivity contribution is 9.10. The number of carbonyl (C=O) groups is 1. The van der Waals surface area contributed by atoms with Crippen molar-refractivity contribution in [1.29, 1.82) is 0 Å². The highest BCUT2D eigenvalue weighted by atomic mass is 79.9. The van der Waals surface area contributed by atoms with Crippen LogP contribution in [-0.2, 0) is 4.79 Å². The zero-order chi connectivity index (χ0) is 12.5. The third kappa shape index (κ3) is 2.98. The van der Waals surface area contributed by atoms with Gasteiger partial charge in [0.25, 0.3) is 0 Å². The van der Waals surface area contributed by atoms with Crippen molar-refractivity contribution < 1.29 is 4.79 Å². The normalized spacial score (nSPS) is 23.7. The minimum atomic E-state index is -0.286. The largest absolute Gasteiger partial charge is 0.325 e. The Bertz CT molecular complexity index is 446. The quantitative estimate of drug-likeness (QED) is 0.872. The lowest BCUT2D eigenvalue weighted by Crippen LogP contribution is -2.34. The van der Waals surface area contributed by atoms with Crippen molar-refractivity contribution in [2.75, 3.05) is 11.1 Å². The zero-order valence-electron chi connectivity index (χ0n) is 9.43. The van der Waals surface area contributed by atoms with Gasteiger partial charge in [-0.1, -0.05) is 11.6 Å². The number of carbonyl (C=O) groups excluding carboxylic acids is 1. The van der Waals surface area contributed by atoms with Crippen molar-refractivity contribution in [1.82, 2.24) is 0 Å². The Balaban J connectivity index is 2.10. The molecule has 1 aliphatic rings. The molecule has 0 aromatic heterocycles. The molecule has 1 aromatic carbocycles. The van der Waals surface area contributed by atoms with E-state index in [1.807, 2.05) is 19.1 Å². The molecule has 0 aliphatic carbocycles. The van der Waals surface area contributed by atoms with Crippen molar-refractivity contribution in [3.05, 3.63) is 27.7 Å². The summed E-state index contributed by atoms with van der Waals surface area (Å²) in [7, 11) is 0. The van der Waals surface area contributed by atoms with Gasteiger partial charge in [0.15, 0.2) is 0 Å². The van der Waals surface area contributed by atoms with Gasteiger partial charge in [-0.15, -0.1) is 11.8 Å². The van der Waals surface area contributed by atoms with Crippen LogP contribution in [0.2, 0.25) is 5.02 Å². The van der Waals surface area contributed by atoms with Gasteiger partial charge in [0, 0.05) is 10.2 Å². The Morgan fingerprint density at radius 3 is 2.94 bits per heavy atom. The fourth-order valence-electron chi connectivity index (χ4n) is 1.80. The maximum absolute atomic E-state index is 12.2. The lowest BCUT2D eigenvalue weighted by atomic mass is 10.0. The summed E-state index contributed by atoms with van der Waals surface area (Å²) in [6, 6.07) is 5.41. The zero-order valence-corrected chi connectivity index (χ0v) is 12.6. The predicted molar refractivity (Wildman–Crippen MR) is 77.9 cm³/mol. The van der Waals surface area contributed by atoms with Crippen LogP contribution in [0.4, 0.5) is 5.69 Å². The number of anilines is 1. The van der Waals surface area contributed by atoms with Crippen LogP contribution < -0.4 is 5.32 Å². The average molecular weight is 335 g/mol. The SMILES string of the molecule is CC1(C(=O)Nc2ccc(Cl)c(Br)c2)CCCS1. The molecule has 1 N–H and O–H groups in total. The molecule has 0 spiro atoms. The Kier molecular flexibility index (Phi) is 4.06. The first-order chi connectivity index (χ1) is 8.01. The minimum Gasteiger partial charge on any atom is -0.325 e. The van der Waals surface area contributed by atoms with E-state index in [2.05, 4.69) is 21.2 Å². The number of rotatable bonds is 2. The van der Waals surface area contributed by atoms with Crippen LogP contribution in [0.25, 0.3) is 0 Å². The van der Waals surface area contributed by atoms with E-state index in [9.17, 15) is 4.79 Å². The number of amides is 1. The fraction of sp³-hybridized carbons (Fsp3) is 0.417. The van der Waals surface area contributed by atoms with Crippen molar-refractivity contribution in [2.24, 2.45) is 0 Å². The monoisotopic (exact) mass is 333 g/mol. The van der Waals surface area contributed by atoms with Crippen LogP contribution in [0.3, 0.4) is 0 Å². The molecule has 1 amide bonds. The molecule has 1 heterocycles. The Morgan fingerprint density at radius 2 is 2.35 bits per heavy atom. The summed E-state index contributed by atoms with van der Waals surface area (Å²) in [4.78, 5) is 12.2. The van der Waals surface area contributed by atoms with Crippen molar-refractivity contribution in [2.45, 2.75) is 24.5 Å². The Hall–Kier alpha value is -0.190. The molecule has 5 heteroatoms. The molecule has 0 saturated carbocycles. The summed E-state index contributed by atoms with van der Waals surface area (Å²) in [5, 5.41) is 3.59. The van der Waals surface area contributed by atoms with E-state index in [1.165, 1.54) is 0 Å². The lowest BCUT2D eigenvalue weighted by molar-refractivity contribution is -0.118. The molecule has 2 nitrogen and oxygen atoms in total. The summed E-state index contributed by atoms with van der Waals surface area (Å²) in [6.45, 7) is 2.00.